The van der Waals surface area contributed by atoms with Gasteiger partial charge in [0.15, 0.2) is 0 Å². The Kier molecular flexibility index (Phi) is 2.39. The molecule has 3 atom stereocenters. The lowest BCUT2D eigenvalue weighted by molar-refractivity contribution is 0.0387. The zero-order valence-electron chi connectivity index (χ0n) is 9.54. The summed E-state index contributed by atoms with van der Waals surface area (Å²) >= 11 is 0. The molecule has 1 aromatic carbocycles. The molecule has 3 rings (SSSR count). The average Bonchev–Trinajstić information content (AvgIpc) is 2.83. The summed E-state index contributed by atoms with van der Waals surface area (Å²) in [5, 5.41) is 22.5. The zero-order chi connectivity index (χ0) is 12.0. The van der Waals surface area contributed by atoms with Gasteiger partial charge < -0.3 is 20.1 Å². The number of hydrogen-bond donors (Lipinski definition) is 3. The second kappa shape index (κ2) is 3.80. The maximum absolute atomic E-state index is 9.89. The van der Waals surface area contributed by atoms with Crippen molar-refractivity contribution in [2.45, 2.75) is 18.2 Å². The number of β-amino-alcohol motifs (C(OH)–C–C–N with tert-alkyl or cyclic N) is 1. The summed E-state index contributed by atoms with van der Waals surface area (Å²) < 4.78 is 1.95. The van der Waals surface area contributed by atoms with E-state index in [1.807, 2.05) is 35.9 Å². The van der Waals surface area contributed by atoms with Crippen LogP contribution in [0.1, 0.15) is 11.9 Å². The number of para-hydroxylation sites is 2. The van der Waals surface area contributed by atoms with Crippen molar-refractivity contribution in [3.63, 3.8) is 0 Å². The second-order valence-electron chi connectivity index (χ2n) is 4.46. The van der Waals surface area contributed by atoms with Crippen LogP contribution in [0, 0.1) is 0 Å². The predicted octanol–water partition coefficient (Wildman–Crippen LogP) is -0.0606. The Morgan fingerprint density at radius 2 is 2.12 bits per heavy atom. The first-order valence-corrected chi connectivity index (χ1v) is 5.69. The van der Waals surface area contributed by atoms with E-state index in [0.29, 0.717) is 6.54 Å². The molecular formula is C12H15N3O2. The number of fused-ring (bicyclic) bond motifs is 1. The van der Waals surface area contributed by atoms with Crippen LogP contribution in [0.15, 0.2) is 24.3 Å². The average molecular weight is 233 g/mol. The summed E-state index contributed by atoms with van der Waals surface area (Å²) in [7, 11) is 1.92. The van der Waals surface area contributed by atoms with Crippen molar-refractivity contribution in [1.82, 2.24) is 14.9 Å². The summed E-state index contributed by atoms with van der Waals surface area (Å²) in [4.78, 5) is 4.51. The van der Waals surface area contributed by atoms with Gasteiger partial charge in [-0.1, -0.05) is 12.1 Å². The number of aliphatic hydroxyl groups excluding tert-OH is 2. The molecule has 90 valence electrons. The van der Waals surface area contributed by atoms with Gasteiger partial charge in [-0.15, -0.1) is 0 Å². The maximum atomic E-state index is 9.89. The smallest absolute Gasteiger partial charge is 0.129 e. The third kappa shape index (κ3) is 1.55. The summed E-state index contributed by atoms with van der Waals surface area (Å²) in [6.07, 6.45) is -1.52. The third-order valence-corrected chi connectivity index (χ3v) is 3.38. The van der Waals surface area contributed by atoms with Crippen LogP contribution in [-0.4, -0.2) is 38.5 Å². The molecule has 5 nitrogen and oxygen atoms in total. The molecule has 17 heavy (non-hydrogen) atoms. The molecular weight excluding hydrogens is 218 g/mol. The summed E-state index contributed by atoms with van der Waals surface area (Å²) in [5.41, 5.74) is 1.93. The molecule has 0 spiro atoms. The highest BCUT2D eigenvalue weighted by Gasteiger charge is 2.36. The molecule has 1 aliphatic heterocycles. The van der Waals surface area contributed by atoms with E-state index < -0.39 is 12.2 Å². The SMILES string of the molecule is Cn1c([C@@H]2NC[C@H](O)[C@H]2O)nc2ccccc21. The number of nitrogens with one attached hydrogen (secondary N) is 1. The van der Waals surface area contributed by atoms with Gasteiger partial charge in [-0.2, -0.15) is 0 Å². The highest BCUT2D eigenvalue weighted by atomic mass is 16.3. The second-order valence-corrected chi connectivity index (χ2v) is 4.46. The topological polar surface area (TPSA) is 70.3 Å². The number of imidazole rings is 1. The number of rotatable bonds is 1. The number of aryl methyl sites for hydroxylation is 1. The number of aromatic nitrogens is 2. The third-order valence-electron chi connectivity index (χ3n) is 3.38. The first-order valence-electron chi connectivity index (χ1n) is 5.69. The molecule has 1 saturated heterocycles. The van der Waals surface area contributed by atoms with E-state index in [1.54, 1.807) is 0 Å². The lowest BCUT2D eigenvalue weighted by Gasteiger charge is -2.15. The van der Waals surface area contributed by atoms with Gasteiger partial charge in [0.25, 0.3) is 0 Å². The quantitative estimate of drug-likeness (QED) is 0.645. The van der Waals surface area contributed by atoms with Crippen LogP contribution in [0.3, 0.4) is 0 Å². The minimum absolute atomic E-state index is 0.303. The van der Waals surface area contributed by atoms with Crippen LogP contribution in [0.25, 0.3) is 11.0 Å². The zero-order valence-corrected chi connectivity index (χ0v) is 9.54. The number of benzene rings is 1. The van der Waals surface area contributed by atoms with Gasteiger partial charge in [-0.05, 0) is 12.1 Å². The van der Waals surface area contributed by atoms with E-state index in [9.17, 15) is 10.2 Å². The molecule has 1 aromatic heterocycles. The minimum Gasteiger partial charge on any atom is -0.389 e. The first kappa shape index (κ1) is 10.7. The van der Waals surface area contributed by atoms with Gasteiger partial charge in [0.1, 0.15) is 11.9 Å². The molecule has 0 unspecified atom stereocenters. The van der Waals surface area contributed by atoms with Crippen molar-refractivity contribution < 1.29 is 10.2 Å². The standard InChI is InChI=1S/C12H15N3O2/c1-15-8-5-3-2-4-7(8)14-12(15)10-11(17)9(16)6-13-10/h2-5,9-11,13,16-17H,6H2,1H3/t9-,10+,11+/m0/s1. The van der Waals surface area contributed by atoms with Crippen LogP contribution in [0.5, 0.6) is 0 Å². The molecule has 1 aliphatic rings. The normalized spacial score (nSPS) is 29.0. The van der Waals surface area contributed by atoms with E-state index in [2.05, 4.69) is 10.3 Å². The number of aliphatic hydroxyl groups is 2. The lowest BCUT2D eigenvalue weighted by atomic mass is 10.1. The van der Waals surface area contributed by atoms with Crippen LogP contribution >= 0.6 is 0 Å². The highest BCUT2D eigenvalue weighted by molar-refractivity contribution is 5.75. The highest BCUT2D eigenvalue weighted by Crippen LogP contribution is 2.26. The van der Waals surface area contributed by atoms with E-state index in [-0.39, 0.29) is 6.04 Å². The Hall–Kier alpha value is -1.43. The number of nitrogens with zero attached hydrogens (tertiary/aromatic N) is 2. The Morgan fingerprint density at radius 3 is 2.76 bits per heavy atom. The molecule has 0 amide bonds. The fraction of sp³-hybridized carbons (Fsp3) is 0.417. The van der Waals surface area contributed by atoms with E-state index >= 15 is 0 Å². The summed E-state index contributed by atoms with van der Waals surface area (Å²) in [5.74, 6) is 0.759. The van der Waals surface area contributed by atoms with Gasteiger partial charge in [0.05, 0.1) is 23.2 Å². The van der Waals surface area contributed by atoms with Crippen molar-refractivity contribution >= 4 is 11.0 Å². The van der Waals surface area contributed by atoms with E-state index in [1.165, 1.54) is 0 Å². The van der Waals surface area contributed by atoms with Crippen molar-refractivity contribution in [2.24, 2.45) is 7.05 Å². The van der Waals surface area contributed by atoms with Crippen LogP contribution < -0.4 is 5.32 Å². The van der Waals surface area contributed by atoms with Gasteiger partial charge in [0.2, 0.25) is 0 Å². The van der Waals surface area contributed by atoms with Crippen molar-refractivity contribution in [1.29, 1.82) is 0 Å². The Bertz CT molecular complexity index is 552. The fourth-order valence-corrected chi connectivity index (χ4v) is 2.40. The first-order chi connectivity index (χ1) is 8.18. The van der Waals surface area contributed by atoms with Gasteiger partial charge in [-0.25, -0.2) is 4.98 Å². The Morgan fingerprint density at radius 1 is 1.35 bits per heavy atom. The Labute approximate surface area is 98.7 Å². The van der Waals surface area contributed by atoms with Gasteiger partial charge >= 0.3 is 0 Å². The van der Waals surface area contributed by atoms with E-state index in [4.69, 9.17) is 0 Å². The molecule has 2 heterocycles. The number of hydrogen-bond acceptors (Lipinski definition) is 4. The van der Waals surface area contributed by atoms with Crippen molar-refractivity contribution in [3.05, 3.63) is 30.1 Å². The van der Waals surface area contributed by atoms with Crippen molar-refractivity contribution in [2.75, 3.05) is 6.54 Å². The monoisotopic (exact) mass is 233 g/mol. The lowest BCUT2D eigenvalue weighted by Crippen LogP contribution is -2.27. The molecule has 0 radical (unpaired) electrons. The molecule has 5 heteroatoms. The van der Waals surface area contributed by atoms with Gasteiger partial charge in [0, 0.05) is 13.6 Å². The van der Waals surface area contributed by atoms with Gasteiger partial charge in [-0.3, -0.25) is 0 Å². The summed E-state index contributed by atoms with van der Waals surface area (Å²) in [6, 6.07) is 7.52. The molecule has 3 N–H and O–H groups in total. The fourth-order valence-electron chi connectivity index (χ4n) is 2.40. The molecule has 2 aromatic rings. The molecule has 0 bridgehead atoms. The molecule has 0 saturated carbocycles. The predicted molar refractivity (Wildman–Crippen MR) is 63.5 cm³/mol. The van der Waals surface area contributed by atoms with E-state index in [0.717, 1.165) is 16.9 Å². The van der Waals surface area contributed by atoms with Crippen molar-refractivity contribution in [3.8, 4) is 0 Å². The minimum atomic E-state index is -0.800. The van der Waals surface area contributed by atoms with Crippen LogP contribution in [0.2, 0.25) is 0 Å². The maximum Gasteiger partial charge on any atom is 0.129 e. The largest absolute Gasteiger partial charge is 0.389 e. The van der Waals surface area contributed by atoms with Crippen LogP contribution in [0.4, 0.5) is 0 Å². The molecule has 0 aliphatic carbocycles. The summed E-state index contributed by atoms with van der Waals surface area (Å²) in [6.45, 7) is 0.398. The van der Waals surface area contributed by atoms with Crippen LogP contribution in [-0.2, 0) is 7.05 Å². The molecule has 1 fully saturated rings. The Balaban J connectivity index is 2.09.